The molecular weight excluding hydrogens is 1350 g/mol. The Kier molecular flexibility index (Phi) is 16.9. The molecule has 8 aromatic carbocycles. The van der Waals surface area contributed by atoms with Crippen LogP contribution in [0.2, 0.25) is 0 Å². The van der Waals surface area contributed by atoms with Gasteiger partial charge >= 0.3 is 23.7 Å². The minimum absolute atomic E-state index is 0.00217. The summed E-state index contributed by atoms with van der Waals surface area (Å²) in [5.41, 5.74) is -38.4. The second kappa shape index (κ2) is 24.1. The van der Waals surface area contributed by atoms with Crippen molar-refractivity contribution in [3.05, 3.63) is 142 Å². The number of ether oxygens (including phenoxy) is 4. The summed E-state index contributed by atoms with van der Waals surface area (Å²) in [5.74, 6) is -70.3. The number of benzene rings is 8. The van der Waals surface area contributed by atoms with Gasteiger partial charge in [0.2, 0.25) is 45.7 Å². The molecule has 0 radical (unpaired) electrons. The monoisotopic (exact) mass is 1400 g/mol. The fourth-order valence-electron chi connectivity index (χ4n) is 10.6. The van der Waals surface area contributed by atoms with E-state index in [4.69, 9.17) is 18.9 Å². The minimum Gasteiger partial charge on any atom is -0.504 e. The second-order valence-electron chi connectivity index (χ2n) is 21.6. The first-order chi connectivity index (χ1) is 46.5. The number of ketones is 5. The van der Waals surface area contributed by atoms with Gasteiger partial charge in [-0.3, -0.25) is 24.0 Å². The normalized spacial score (nSPS) is 19.4. The van der Waals surface area contributed by atoms with Crippen LogP contribution in [0.25, 0.3) is 0 Å². The average molecular weight is 1400 g/mol. The topological polar surface area (TPSA) is 699 Å². The number of phenols is 24. The smallest absolute Gasteiger partial charge is 0.341 e. The van der Waals surface area contributed by atoms with Crippen molar-refractivity contribution in [3.8, 4) is 138 Å². The van der Waals surface area contributed by atoms with Crippen LogP contribution in [0.4, 0.5) is 0 Å². The van der Waals surface area contributed by atoms with Gasteiger partial charge in [-0.2, -0.15) is 0 Å². The molecule has 9 rings (SSSR count). The van der Waals surface area contributed by atoms with Crippen molar-refractivity contribution in [3.63, 3.8) is 0 Å². The highest BCUT2D eigenvalue weighted by molar-refractivity contribution is 6.26. The third-order valence-corrected chi connectivity index (χ3v) is 15.5. The standard InChI is InChI=1S/C62H44O38/c63-26-1-18(2-27(64)42(26)79)50(87)58(17-97-55(92)23-11-36(73)47(84)37(74)12-23)59(95,51(88)19-3-28(65)43(80)29(66)4-19)60(96,52(89)20-5-30(67)44(81)31(68)6-20)61(53(90)21-7-32(69)45(82)33(70)8-21,98-56(93)24-13-38(75)48(85)39(76)14-24)62(100-58,54(91)22-9-34(71)46(83)35(72)10-22)99-57(94)25-15-40(77)49(86)41(78)16-25/h1-16,63-86,95-96H,17H2/t58-,59+,60-,61-,62?/m0/s1. The number of carbonyl (C=O) groups excluding carboxylic acids is 8. The van der Waals surface area contributed by atoms with Gasteiger partial charge in [-0.25, -0.2) is 14.4 Å². The summed E-state index contributed by atoms with van der Waals surface area (Å²) < 4.78 is 23.2. The molecule has 0 aliphatic carbocycles. The first-order valence-electron chi connectivity index (χ1n) is 27.0. The first-order valence-corrected chi connectivity index (χ1v) is 27.0. The van der Waals surface area contributed by atoms with Crippen LogP contribution >= 0.6 is 0 Å². The van der Waals surface area contributed by atoms with Gasteiger partial charge in [0, 0.05) is 27.8 Å². The third-order valence-electron chi connectivity index (χ3n) is 15.5. The van der Waals surface area contributed by atoms with Gasteiger partial charge in [0.1, 0.15) is 6.61 Å². The molecule has 1 unspecified atom stereocenters. The summed E-state index contributed by atoms with van der Waals surface area (Å²) in [5, 5.41) is 291. The van der Waals surface area contributed by atoms with Crippen LogP contribution in [0.1, 0.15) is 82.9 Å². The number of hydrogen-bond donors (Lipinski definition) is 26. The number of rotatable bonds is 17. The van der Waals surface area contributed by atoms with Crippen molar-refractivity contribution in [1.29, 1.82) is 0 Å². The van der Waals surface area contributed by atoms with E-state index in [9.17, 15) is 132 Å². The predicted molar refractivity (Wildman–Crippen MR) is 313 cm³/mol. The van der Waals surface area contributed by atoms with Crippen molar-refractivity contribution < 1.29 is 190 Å². The lowest BCUT2D eigenvalue weighted by Gasteiger charge is -2.64. The molecule has 1 heterocycles. The Morgan fingerprint density at radius 3 is 0.750 bits per heavy atom. The fraction of sp³-hybridized carbons (Fsp3) is 0.0968. The number of Topliss-reactive ketones (excluding diaryl/α,β-unsaturated/α-hetero) is 5. The number of phenolic OH excluding ortho intramolecular Hbond substituents is 24. The van der Waals surface area contributed by atoms with E-state index in [0.29, 0.717) is 0 Å². The lowest BCUT2D eigenvalue weighted by molar-refractivity contribution is -0.390. The Morgan fingerprint density at radius 1 is 0.260 bits per heavy atom. The Balaban J connectivity index is 1.70. The number of esters is 3. The van der Waals surface area contributed by atoms with E-state index in [1.54, 1.807) is 0 Å². The Hall–Kier alpha value is -14.4. The van der Waals surface area contributed by atoms with Gasteiger partial charge in [0.15, 0.2) is 138 Å². The summed E-state index contributed by atoms with van der Waals surface area (Å²) in [4.78, 5) is 131. The highest BCUT2D eigenvalue weighted by atomic mass is 16.8. The molecule has 0 saturated carbocycles. The van der Waals surface area contributed by atoms with Gasteiger partial charge in [-0.1, -0.05) is 0 Å². The van der Waals surface area contributed by atoms with Gasteiger partial charge in [0.25, 0.3) is 5.60 Å². The Morgan fingerprint density at radius 2 is 0.470 bits per heavy atom. The molecule has 38 heteroatoms. The van der Waals surface area contributed by atoms with Crippen molar-refractivity contribution in [1.82, 2.24) is 0 Å². The number of carbonyl (C=O) groups is 8. The zero-order chi connectivity index (χ0) is 74.4. The van der Waals surface area contributed by atoms with Crippen LogP contribution in [0.3, 0.4) is 0 Å². The summed E-state index contributed by atoms with van der Waals surface area (Å²) in [7, 11) is 0. The van der Waals surface area contributed by atoms with E-state index >= 15 is 38.7 Å². The predicted octanol–water partition coefficient (Wildman–Crippen LogP) is 1.57. The van der Waals surface area contributed by atoms with E-state index in [2.05, 4.69) is 0 Å². The van der Waals surface area contributed by atoms with Gasteiger partial charge in [-0.05, 0) is 97.1 Å². The minimum atomic E-state index is -6.32. The highest BCUT2D eigenvalue weighted by Crippen LogP contribution is 2.63. The Bertz CT molecular complexity index is 4750. The maximum atomic E-state index is 17.2. The molecule has 38 nitrogen and oxygen atoms in total. The molecular formula is C62H44O38. The molecule has 8 aromatic rings. The van der Waals surface area contributed by atoms with Crippen LogP contribution < -0.4 is 0 Å². The van der Waals surface area contributed by atoms with E-state index in [0.717, 1.165) is 0 Å². The molecule has 100 heavy (non-hydrogen) atoms. The highest BCUT2D eigenvalue weighted by Gasteiger charge is 2.95. The molecule has 520 valence electrons. The van der Waals surface area contributed by atoms with Gasteiger partial charge in [-0.15, -0.1) is 0 Å². The average Bonchev–Trinajstić information content (AvgIpc) is 0.639. The molecule has 1 aliphatic heterocycles. The molecule has 1 aliphatic rings. The summed E-state index contributed by atoms with van der Waals surface area (Å²) in [6, 6.07) is -1.24. The van der Waals surface area contributed by atoms with Crippen LogP contribution in [0.15, 0.2) is 97.1 Å². The summed E-state index contributed by atoms with van der Waals surface area (Å²) in [6.45, 7) is -2.96. The van der Waals surface area contributed by atoms with E-state index in [1.165, 1.54) is 0 Å². The van der Waals surface area contributed by atoms with Crippen LogP contribution in [0, 0.1) is 0 Å². The molecule has 0 aromatic heterocycles. The van der Waals surface area contributed by atoms with Crippen molar-refractivity contribution in [2.45, 2.75) is 28.2 Å². The summed E-state index contributed by atoms with van der Waals surface area (Å²) >= 11 is 0. The maximum Gasteiger partial charge on any atom is 0.341 e. The van der Waals surface area contributed by atoms with Gasteiger partial charge < -0.3 is 152 Å². The zero-order valence-electron chi connectivity index (χ0n) is 49.0. The molecule has 0 spiro atoms. The lowest BCUT2D eigenvalue weighted by atomic mass is 9.50. The zero-order valence-corrected chi connectivity index (χ0v) is 49.0. The largest absolute Gasteiger partial charge is 0.504 e. The second-order valence-corrected chi connectivity index (χ2v) is 21.6. The SMILES string of the molecule is O=C(OC[C@@]1(C(=O)c2cc(O)c(O)c(O)c2)OC(OC(=O)c2cc(O)c(O)c(O)c2)(C(=O)c2cc(O)c(O)c(O)c2)[C@](OC(=O)c2cc(O)c(O)c(O)c2)(C(=O)c2cc(O)c(O)c(O)c2)[C@](O)(C(=O)c2cc(O)c(O)c(O)c2)[C@@]1(O)C(=O)c1cc(O)c(O)c(O)c1)c1cc(O)c(O)c(O)c1. The number of aliphatic hydroxyl groups is 2. The quantitative estimate of drug-likeness (QED) is 0.0266. The maximum absolute atomic E-state index is 17.2. The van der Waals surface area contributed by atoms with E-state index in [1.807, 2.05) is 0 Å². The van der Waals surface area contributed by atoms with Crippen LogP contribution in [0.5, 0.6) is 138 Å². The molecule has 0 bridgehead atoms. The first kappa shape index (κ1) is 69.9. The summed E-state index contributed by atoms with van der Waals surface area (Å²) in [6.07, 6.45) is 0. The number of hydrogen-bond acceptors (Lipinski definition) is 38. The van der Waals surface area contributed by atoms with E-state index < -0.39 is 264 Å². The third kappa shape index (κ3) is 10.5. The van der Waals surface area contributed by atoms with Crippen molar-refractivity contribution >= 4 is 46.8 Å². The van der Waals surface area contributed by atoms with Gasteiger partial charge in [0.05, 0.1) is 16.7 Å². The molecule has 0 amide bonds. The number of aromatic hydroxyl groups is 24. The lowest BCUT2D eigenvalue weighted by Crippen LogP contribution is -2.96. The molecule has 1 saturated heterocycles. The molecule has 1 fully saturated rings. The molecule has 5 atom stereocenters. The van der Waals surface area contributed by atoms with Crippen LogP contribution in [-0.4, -0.2) is 214 Å². The van der Waals surface area contributed by atoms with Crippen LogP contribution in [-0.2, 0) is 18.9 Å². The Labute approximate surface area is 549 Å². The fourth-order valence-corrected chi connectivity index (χ4v) is 10.6. The van der Waals surface area contributed by atoms with Crippen molar-refractivity contribution in [2.24, 2.45) is 0 Å². The molecule has 26 N–H and O–H groups in total. The van der Waals surface area contributed by atoms with Crippen molar-refractivity contribution in [2.75, 3.05) is 6.61 Å². The van der Waals surface area contributed by atoms with E-state index in [-0.39, 0.29) is 97.1 Å².